The maximum atomic E-state index is 11.7. The maximum Gasteiger partial charge on any atom is 0.295 e. The number of hydrogen-bond acceptors (Lipinski definition) is 6. The van der Waals surface area contributed by atoms with Crippen molar-refractivity contribution in [1.29, 1.82) is 0 Å². The van der Waals surface area contributed by atoms with Crippen LogP contribution in [0, 0.1) is 0 Å². The second kappa shape index (κ2) is 6.50. The third-order valence-corrected chi connectivity index (χ3v) is 2.03. The van der Waals surface area contributed by atoms with Gasteiger partial charge in [0.15, 0.2) is 0 Å². The second-order valence-electron chi connectivity index (χ2n) is 3.37. The summed E-state index contributed by atoms with van der Waals surface area (Å²) in [6.45, 7) is 1.93. The lowest BCUT2D eigenvalue weighted by molar-refractivity contribution is -0.132. The molecule has 0 spiro atoms. The number of H-pyrrole nitrogens is 1. The van der Waals surface area contributed by atoms with Crippen LogP contribution in [0.2, 0.25) is 0 Å². The number of carbonyl (C=O) groups excluding carboxylic acids is 2. The van der Waals surface area contributed by atoms with Crippen LogP contribution in [-0.4, -0.2) is 48.0 Å². The molecule has 0 bridgehead atoms. The molecule has 2 rings (SSSR count). The third-order valence-electron chi connectivity index (χ3n) is 2.03. The molecule has 1 aliphatic heterocycles. The normalized spacial score (nSPS) is 17.9. The first-order valence-electron chi connectivity index (χ1n) is 5.02. The molecule has 1 aromatic heterocycles. The SMILES string of the molecule is CC1=CC(OC=O)N(c2ncn[nH]2)C1=O.COC. The van der Waals surface area contributed by atoms with E-state index >= 15 is 0 Å². The highest BCUT2D eigenvalue weighted by Crippen LogP contribution is 2.22. The molecule has 1 atom stereocenters. The molecular weight excluding hydrogens is 240 g/mol. The number of aromatic nitrogens is 3. The molecule has 1 aliphatic rings. The second-order valence-corrected chi connectivity index (χ2v) is 3.37. The zero-order valence-corrected chi connectivity index (χ0v) is 10.3. The topological polar surface area (TPSA) is 97.4 Å². The van der Waals surface area contributed by atoms with Crippen LogP contribution in [-0.2, 0) is 19.1 Å². The number of rotatable bonds is 3. The zero-order valence-electron chi connectivity index (χ0n) is 10.3. The molecule has 1 N–H and O–H groups in total. The predicted octanol–water partition coefficient (Wildman–Crippen LogP) is -0.141. The van der Waals surface area contributed by atoms with Crippen LogP contribution in [0.25, 0.3) is 0 Å². The molecule has 0 saturated carbocycles. The van der Waals surface area contributed by atoms with Crippen molar-refractivity contribution in [2.75, 3.05) is 19.1 Å². The summed E-state index contributed by atoms with van der Waals surface area (Å²) >= 11 is 0. The molecule has 98 valence electrons. The van der Waals surface area contributed by atoms with Crippen molar-refractivity contribution in [3.63, 3.8) is 0 Å². The Bertz CT molecular complexity index is 429. The molecule has 0 aliphatic carbocycles. The molecule has 8 nitrogen and oxygen atoms in total. The first-order valence-corrected chi connectivity index (χ1v) is 5.02. The highest BCUT2D eigenvalue weighted by molar-refractivity contribution is 6.07. The number of methoxy groups -OCH3 is 1. The summed E-state index contributed by atoms with van der Waals surface area (Å²) in [5.41, 5.74) is 0.498. The standard InChI is InChI=1S/C8H8N4O3.C2H6O/c1-5-2-6(15-4-13)12(7(5)14)8-9-3-10-11-8;1-3-2/h2-4,6H,1H3,(H,9,10,11);1-2H3. The molecule has 0 saturated heterocycles. The zero-order chi connectivity index (χ0) is 13.5. The Morgan fingerprint density at radius 2 is 2.17 bits per heavy atom. The molecule has 0 radical (unpaired) electrons. The molecule has 1 unspecified atom stereocenters. The van der Waals surface area contributed by atoms with E-state index in [9.17, 15) is 9.59 Å². The van der Waals surface area contributed by atoms with Crippen molar-refractivity contribution in [2.45, 2.75) is 13.2 Å². The van der Waals surface area contributed by atoms with Crippen LogP contribution >= 0.6 is 0 Å². The van der Waals surface area contributed by atoms with E-state index < -0.39 is 6.23 Å². The summed E-state index contributed by atoms with van der Waals surface area (Å²) in [4.78, 5) is 27.0. The van der Waals surface area contributed by atoms with Crippen LogP contribution in [0.3, 0.4) is 0 Å². The lowest BCUT2D eigenvalue weighted by Gasteiger charge is -2.19. The molecule has 0 aromatic carbocycles. The summed E-state index contributed by atoms with van der Waals surface area (Å²) in [6.07, 6.45) is 2.07. The minimum Gasteiger partial charge on any atom is -0.439 e. The fourth-order valence-corrected chi connectivity index (χ4v) is 1.35. The number of hydrogen-bond donors (Lipinski definition) is 1. The summed E-state index contributed by atoms with van der Waals surface area (Å²) in [7, 11) is 3.25. The highest BCUT2D eigenvalue weighted by Gasteiger charge is 2.34. The average Bonchev–Trinajstić information content (AvgIpc) is 2.91. The van der Waals surface area contributed by atoms with Crippen LogP contribution in [0.4, 0.5) is 5.95 Å². The monoisotopic (exact) mass is 254 g/mol. The largest absolute Gasteiger partial charge is 0.439 e. The van der Waals surface area contributed by atoms with Gasteiger partial charge < -0.3 is 9.47 Å². The Morgan fingerprint density at radius 3 is 2.67 bits per heavy atom. The number of aromatic amines is 1. The van der Waals surface area contributed by atoms with E-state index in [1.807, 2.05) is 0 Å². The van der Waals surface area contributed by atoms with E-state index in [1.54, 1.807) is 27.2 Å². The first-order chi connectivity index (χ1) is 8.65. The maximum absolute atomic E-state index is 11.7. The van der Waals surface area contributed by atoms with Crippen molar-refractivity contribution in [3.05, 3.63) is 18.0 Å². The van der Waals surface area contributed by atoms with E-state index in [2.05, 4.69) is 19.9 Å². The minimum atomic E-state index is -0.747. The lowest BCUT2D eigenvalue weighted by Crippen LogP contribution is -2.36. The van der Waals surface area contributed by atoms with Crippen molar-refractivity contribution in [1.82, 2.24) is 15.2 Å². The first kappa shape index (κ1) is 13.8. The van der Waals surface area contributed by atoms with Gasteiger partial charge in [0.1, 0.15) is 6.33 Å². The Kier molecular flexibility index (Phi) is 5.00. The van der Waals surface area contributed by atoms with Gasteiger partial charge in [-0.2, -0.15) is 10.1 Å². The van der Waals surface area contributed by atoms with E-state index in [4.69, 9.17) is 4.74 Å². The quantitative estimate of drug-likeness (QED) is 0.754. The fraction of sp³-hybridized carbons (Fsp3) is 0.400. The van der Waals surface area contributed by atoms with Gasteiger partial charge in [0.25, 0.3) is 12.4 Å². The smallest absolute Gasteiger partial charge is 0.295 e. The lowest BCUT2D eigenvalue weighted by atomic mass is 10.3. The van der Waals surface area contributed by atoms with Gasteiger partial charge in [-0.25, -0.2) is 10.00 Å². The Hall–Kier alpha value is -2.22. The van der Waals surface area contributed by atoms with E-state index in [1.165, 1.54) is 11.2 Å². The van der Waals surface area contributed by atoms with Gasteiger partial charge in [-0.3, -0.25) is 9.59 Å². The van der Waals surface area contributed by atoms with Gasteiger partial charge in [0.05, 0.1) is 0 Å². The van der Waals surface area contributed by atoms with Crippen LogP contribution in [0.15, 0.2) is 18.0 Å². The van der Waals surface area contributed by atoms with Gasteiger partial charge in [-0.05, 0) is 13.0 Å². The number of ether oxygens (including phenoxy) is 2. The molecule has 18 heavy (non-hydrogen) atoms. The van der Waals surface area contributed by atoms with Crippen LogP contribution in [0.5, 0.6) is 0 Å². The third kappa shape index (κ3) is 2.92. The van der Waals surface area contributed by atoms with Gasteiger partial charge >= 0.3 is 0 Å². The number of carbonyl (C=O) groups is 2. The summed E-state index contributed by atoms with van der Waals surface area (Å²) in [6, 6.07) is 0. The summed E-state index contributed by atoms with van der Waals surface area (Å²) in [5.74, 6) is -0.0152. The molecule has 1 amide bonds. The van der Waals surface area contributed by atoms with Crippen LogP contribution < -0.4 is 4.90 Å². The highest BCUT2D eigenvalue weighted by atomic mass is 16.5. The number of nitrogens with zero attached hydrogens (tertiary/aromatic N) is 3. The molecule has 8 heteroatoms. The van der Waals surface area contributed by atoms with Crippen molar-refractivity contribution < 1.29 is 19.1 Å². The number of nitrogens with one attached hydrogen (secondary N) is 1. The van der Waals surface area contributed by atoms with Crippen molar-refractivity contribution in [3.8, 4) is 0 Å². The van der Waals surface area contributed by atoms with E-state index in [0.29, 0.717) is 5.57 Å². The molecule has 1 aromatic rings. The van der Waals surface area contributed by atoms with Gasteiger partial charge in [-0.1, -0.05) is 0 Å². The molecule has 2 heterocycles. The average molecular weight is 254 g/mol. The summed E-state index contributed by atoms with van der Waals surface area (Å²) in [5, 5.41) is 6.16. The number of amides is 1. The molecule has 0 fully saturated rings. The van der Waals surface area contributed by atoms with Gasteiger partial charge in [0.2, 0.25) is 12.2 Å². The van der Waals surface area contributed by atoms with Crippen molar-refractivity contribution >= 4 is 18.3 Å². The Labute approximate surface area is 104 Å². The van der Waals surface area contributed by atoms with Gasteiger partial charge in [-0.15, -0.1) is 0 Å². The van der Waals surface area contributed by atoms with Crippen molar-refractivity contribution in [2.24, 2.45) is 0 Å². The van der Waals surface area contributed by atoms with E-state index in [-0.39, 0.29) is 18.3 Å². The predicted molar refractivity (Wildman–Crippen MR) is 61.5 cm³/mol. The Balaban J connectivity index is 0.000000492. The Morgan fingerprint density at radius 1 is 1.50 bits per heavy atom. The molecular formula is C10H14N4O4. The summed E-state index contributed by atoms with van der Waals surface area (Å²) < 4.78 is 8.99. The number of anilines is 1. The van der Waals surface area contributed by atoms with Gasteiger partial charge in [0, 0.05) is 19.8 Å². The van der Waals surface area contributed by atoms with E-state index in [0.717, 1.165) is 0 Å². The van der Waals surface area contributed by atoms with Crippen LogP contribution in [0.1, 0.15) is 6.92 Å². The minimum absolute atomic E-state index is 0.250. The fourth-order valence-electron chi connectivity index (χ4n) is 1.35.